The van der Waals surface area contributed by atoms with E-state index in [-0.39, 0.29) is 5.78 Å². The third-order valence-corrected chi connectivity index (χ3v) is 3.06. The van der Waals surface area contributed by atoms with Gasteiger partial charge in [0, 0.05) is 19.3 Å². The molecular formula is C13H15ClN4O. The van der Waals surface area contributed by atoms with Gasteiger partial charge in [0.05, 0.1) is 28.7 Å². The van der Waals surface area contributed by atoms with Gasteiger partial charge in [0.15, 0.2) is 5.78 Å². The molecule has 0 aromatic carbocycles. The molecule has 0 fully saturated rings. The van der Waals surface area contributed by atoms with Crippen LogP contribution in [0, 0.1) is 0 Å². The Morgan fingerprint density at radius 2 is 2.11 bits per heavy atom. The van der Waals surface area contributed by atoms with Crippen LogP contribution in [0.25, 0.3) is 6.08 Å². The molecule has 2 aromatic heterocycles. The lowest BCUT2D eigenvalue weighted by Crippen LogP contribution is -1.99. The third kappa shape index (κ3) is 2.93. The lowest BCUT2D eigenvalue weighted by atomic mass is 10.2. The van der Waals surface area contributed by atoms with Crippen molar-refractivity contribution in [1.82, 2.24) is 19.6 Å². The Kier molecular flexibility index (Phi) is 4.16. The SMILES string of the molecule is CCn1cc(C(=O)/C=C/c2c(Cl)cnn2CC)cn1. The summed E-state index contributed by atoms with van der Waals surface area (Å²) in [4.78, 5) is 12.0. The zero-order chi connectivity index (χ0) is 13.8. The van der Waals surface area contributed by atoms with Crippen LogP contribution >= 0.6 is 11.6 Å². The summed E-state index contributed by atoms with van der Waals surface area (Å²) in [6, 6.07) is 0. The fourth-order valence-corrected chi connectivity index (χ4v) is 1.91. The fraction of sp³-hybridized carbons (Fsp3) is 0.308. The lowest BCUT2D eigenvalue weighted by Gasteiger charge is -1.99. The zero-order valence-electron chi connectivity index (χ0n) is 10.9. The number of ketones is 1. The summed E-state index contributed by atoms with van der Waals surface area (Å²) in [5.41, 5.74) is 1.30. The molecule has 2 aromatic rings. The van der Waals surface area contributed by atoms with Gasteiger partial charge in [-0.3, -0.25) is 14.2 Å². The zero-order valence-corrected chi connectivity index (χ0v) is 11.6. The number of hydrogen-bond donors (Lipinski definition) is 0. The molecule has 0 unspecified atom stereocenters. The van der Waals surface area contributed by atoms with Crippen molar-refractivity contribution in [2.45, 2.75) is 26.9 Å². The van der Waals surface area contributed by atoms with Crippen molar-refractivity contribution >= 4 is 23.5 Å². The third-order valence-electron chi connectivity index (χ3n) is 2.77. The van der Waals surface area contributed by atoms with Crippen molar-refractivity contribution in [3.63, 3.8) is 0 Å². The van der Waals surface area contributed by atoms with E-state index in [2.05, 4.69) is 10.2 Å². The molecule has 6 heteroatoms. The summed E-state index contributed by atoms with van der Waals surface area (Å²) < 4.78 is 3.45. The first-order valence-corrected chi connectivity index (χ1v) is 6.49. The molecule has 0 spiro atoms. The van der Waals surface area contributed by atoms with E-state index in [1.807, 2.05) is 13.8 Å². The minimum Gasteiger partial charge on any atom is -0.289 e. The van der Waals surface area contributed by atoms with Crippen LogP contribution in [0.3, 0.4) is 0 Å². The van der Waals surface area contributed by atoms with Gasteiger partial charge in [0.1, 0.15) is 0 Å². The van der Waals surface area contributed by atoms with Crippen LogP contribution in [0.4, 0.5) is 0 Å². The predicted molar refractivity (Wildman–Crippen MR) is 74.2 cm³/mol. The van der Waals surface area contributed by atoms with Gasteiger partial charge in [-0.15, -0.1) is 0 Å². The number of hydrogen-bond acceptors (Lipinski definition) is 3. The number of nitrogens with zero attached hydrogens (tertiary/aromatic N) is 4. The molecule has 0 amide bonds. The van der Waals surface area contributed by atoms with E-state index in [9.17, 15) is 4.79 Å². The van der Waals surface area contributed by atoms with E-state index >= 15 is 0 Å². The Morgan fingerprint density at radius 1 is 1.32 bits per heavy atom. The molecule has 0 radical (unpaired) electrons. The smallest absolute Gasteiger partial charge is 0.189 e. The summed E-state index contributed by atoms with van der Waals surface area (Å²) in [7, 11) is 0. The molecular weight excluding hydrogens is 264 g/mol. The topological polar surface area (TPSA) is 52.7 Å². The number of rotatable bonds is 5. The maximum Gasteiger partial charge on any atom is 0.189 e. The predicted octanol–water partition coefficient (Wildman–Crippen LogP) is 2.67. The van der Waals surface area contributed by atoms with Crippen LogP contribution in [0.1, 0.15) is 29.9 Å². The van der Waals surface area contributed by atoms with Gasteiger partial charge in [-0.25, -0.2) is 0 Å². The standard InChI is InChI=1S/C13H15ClN4O/c1-3-17-9-10(7-15-17)13(19)6-5-12-11(14)8-16-18(12)4-2/h5-9H,3-4H2,1-2H3/b6-5+. The van der Waals surface area contributed by atoms with Gasteiger partial charge >= 0.3 is 0 Å². The van der Waals surface area contributed by atoms with Crippen LogP contribution in [-0.4, -0.2) is 25.3 Å². The molecule has 0 aliphatic carbocycles. The first kappa shape index (κ1) is 13.5. The number of allylic oxidation sites excluding steroid dienone is 1. The van der Waals surface area contributed by atoms with Crippen molar-refractivity contribution in [3.05, 3.63) is 40.9 Å². The summed E-state index contributed by atoms with van der Waals surface area (Å²) in [5, 5.41) is 8.72. The highest BCUT2D eigenvalue weighted by molar-refractivity contribution is 6.31. The number of carbonyl (C=O) groups is 1. The van der Waals surface area contributed by atoms with Gasteiger partial charge in [0.25, 0.3) is 0 Å². The average Bonchev–Trinajstić information content (AvgIpc) is 3.02. The first-order valence-electron chi connectivity index (χ1n) is 6.11. The molecule has 0 atom stereocenters. The van der Waals surface area contributed by atoms with E-state index in [1.54, 1.807) is 34.0 Å². The molecule has 0 saturated carbocycles. The molecule has 2 rings (SSSR count). The highest BCUT2D eigenvalue weighted by Gasteiger charge is 2.07. The minimum atomic E-state index is -0.0976. The Morgan fingerprint density at radius 3 is 2.74 bits per heavy atom. The van der Waals surface area contributed by atoms with Crippen LogP contribution < -0.4 is 0 Å². The van der Waals surface area contributed by atoms with Crippen LogP contribution in [0.2, 0.25) is 5.02 Å². The molecule has 2 heterocycles. The Labute approximate surface area is 116 Å². The molecule has 100 valence electrons. The Bertz CT molecular complexity index is 612. The second-order valence-corrected chi connectivity index (χ2v) is 4.38. The van der Waals surface area contributed by atoms with Gasteiger partial charge < -0.3 is 0 Å². The monoisotopic (exact) mass is 278 g/mol. The second-order valence-electron chi connectivity index (χ2n) is 3.98. The normalized spacial score (nSPS) is 11.3. The van der Waals surface area contributed by atoms with Gasteiger partial charge in [-0.05, 0) is 26.0 Å². The van der Waals surface area contributed by atoms with Crippen molar-refractivity contribution < 1.29 is 4.79 Å². The number of aryl methyl sites for hydroxylation is 2. The summed E-state index contributed by atoms with van der Waals surface area (Å²) in [5.74, 6) is -0.0976. The maximum atomic E-state index is 12.0. The number of aromatic nitrogens is 4. The molecule has 0 bridgehead atoms. The molecule has 0 N–H and O–H groups in total. The fourth-order valence-electron chi connectivity index (χ4n) is 1.70. The van der Waals surface area contributed by atoms with E-state index in [4.69, 9.17) is 11.6 Å². The van der Waals surface area contributed by atoms with Gasteiger partial charge in [-0.1, -0.05) is 11.6 Å². The molecule has 5 nitrogen and oxygen atoms in total. The summed E-state index contributed by atoms with van der Waals surface area (Å²) in [6.45, 7) is 5.38. The van der Waals surface area contributed by atoms with Gasteiger partial charge in [-0.2, -0.15) is 10.2 Å². The Hall–Kier alpha value is -1.88. The first-order chi connectivity index (χ1) is 9.15. The van der Waals surface area contributed by atoms with Crippen LogP contribution in [0.15, 0.2) is 24.7 Å². The maximum absolute atomic E-state index is 12.0. The second kappa shape index (κ2) is 5.84. The average molecular weight is 279 g/mol. The number of carbonyl (C=O) groups excluding carboxylic acids is 1. The molecule has 0 saturated heterocycles. The summed E-state index contributed by atoms with van der Waals surface area (Å²) in [6.07, 6.45) is 8.04. The quantitative estimate of drug-likeness (QED) is 0.624. The van der Waals surface area contributed by atoms with Crippen molar-refractivity contribution in [2.75, 3.05) is 0 Å². The molecule has 0 aliphatic rings. The van der Waals surface area contributed by atoms with Crippen LogP contribution in [-0.2, 0) is 13.1 Å². The van der Waals surface area contributed by atoms with E-state index in [0.717, 1.165) is 12.2 Å². The van der Waals surface area contributed by atoms with Crippen molar-refractivity contribution in [3.8, 4) is 0 Å². The van der Waals surface area contributed by atoms with E-state index in [1.165, 1.54) is 6.08 Å². The lowest BCUT2D eigenvalue weighted by molar-refractivity contribution is 0.104. The highest BCUT2D eigenvalue weighted by atomic mass is 35.5. The molecule has 19 heavy (non-hydrogen) atoms. The Balaban J connectivity index is 2.18. The highest BCUT2D eigenvalue weighted by Crippen LogP contribution is 2.17. The number of halogens is 1. The summed E-state index contributed by atoms with van der Waals surface area (Å²) >= 11 is 6.02. The van der Waals surface area contributed by atoms with E-state index in [0.29, 0.717) is 17.1 Å². The molecule has 0 aliphatic heterocycles. The van der Waals surface area contributed by atoms with E-state index < -0.39 is 0 Å². The minimum absolute atomic E-state index is 0.0976. The van der Waals surface area contributed by atoms with Crippen LogP contribution in [0.5, 0.6) is 0 Å². The van der Waals surface area contributed by atoms with Crippen molar-refractivity contribution in [2.24, 2.45) is 0 Å². The van der Waals surface area contributed by atoms with Gasteiger partial charge in [0.2, 0.25) is 0 Å². The largest absolute Gasteiger partial charge is 0.289 e. The van der Waals surface area contributed by atoms with Crippen molar-refractivity contribution in [1.29, 1.82) is 0 Å².